The van der Waals surface area contributed by atoms with Gasteiger partial charge in [0.05, 0.1) is 5.56 Å². The van der Waals surface area contributed by atoms with Gasteiger partial charge in [-0.1, -0.05) is 17.7 Å². The van der Waals surface area contributed by atoms with E-state index in [2.05, 4.69) is 6.08 Å². The van der Waals surface area contributed by atoms with E-state index >= 15 is 0 Å². The molecule has 1 aromatic carbocycles. The number of benzene rings is 1. The van der Waals surface area contributed by atoms with E-state index < -0.39 is 5.97 Å². The lowest BCUT2D eigenvalue weighted by molar-refractivity contribution is 0.0697. The van der Waals surface area contributed by atoms with Crippen molar-refractivity contribution < 1.29 is 9.90 Å². The Morgan fingerprint density at radius 2 is 2.06 bits per heavy atom. The minimum absolute atomic E-state index is 0.395. The summed E-state index contributed by atoms with van der Waals surface area (Å²) < 4.78 is 0. The molecule has 3 rings (SSSR count). The topological polar surface area (TPSA) is 37.3 Å². The summed E-state index contributed by atoms with van der Waals surface area (Å²) in [7, 11) is 0. The van der Waals surface area contributed by atoms with Gasteiger partial charge in [0.15, 0.2) is 0 Å². The van der Waals surface area contributed by atoms with Crippen LogP contribution in [-0.4, -0.2) is 11.1 Å². The average molecular weight is 214 g/mol. The minimum Gasteiger partial charge on any atom is -0.478 e. The SMILES string of the molecule is O=C(O)c1ccc2c(c1)C=C(C1CC1)CC2. The lowest BCUT2D eigenvalue weighted by Gasteiger charge is -2.16. The number of aryl methyl sites for hydroxylation is 1. The summed E-state index contributed by atoms with van der Waals surface area (Å²) in [6.07, 6.45) is 7.07. The van der Waals surface area contributed by atoms with Crippen LogP contribution in [0.15, 0.2) is 23.8 Å². The van der Waals surface area contributed by atoms with E-state index in [4.69, 9.17) is 5.11 Å². The molecule has 0 bridgehead atoms. The van der Waals surface area contributed by atoms with Gasteiger partial charge in [0.2, 0.25) is 0 Å². The molecule has 16 heavy (non-hydrogen) atoms. The van der Waals surface area contributed by atoms with Gasteiger partial charge in [0, 0.05) is 0 Å². The largest absolute Gasteiger partial charge is 0.478 e. The Kier molecular flexibility index (Phi) is 2.10. The Morgan fingerprint density at radius 3 is 2.75 bits per heavy atom. The van der Waals surface area contributed by atoms with Crippen LogP contribution >= 0.6 is 0 Å². The van der Waals surface area contributed by atoms with Crippen LogP contribution in [0, 0.1) is 5.92 Å². The molecule has 0 amide bonds. The molecule has 1 fully saturated rings. The minimum atomic E-state index is -0.838. The molecule has 1 aromatic rings. The van der Waals surface area contributed by atoms with Crippen LogP contribution in [0.3, 0.4) is 0 Å². The van der Waals surface area contributed by atoms with E-state index in [-0.39, 0.29) is 0 Å². The second-order valence-corrected chi connectivity index (χ2v) is 4.71. The molecular weight excluding hydrogens is 200 g/mol. The normalized spacial score (nSPS) is 18.9. The molecule has 0 aliphatic heterocycles. The van der Waals surface area contributed by atoms with Crippen LogP contribution < -0.4 is 0 Å². The summed E-state index contributed by atoms with van der Waals surface area (Å²) in [5, 5.41) is 8.95. The van der Waals surface area contributed by atoms with Crippen molar-refractivity contribution in [2.75, 3.05) is 0 Å². The summed E-state index contributed by atoms with van der Waals surface area (Å²) >= 11 is 0. The van der Waals surface area contributed by atoms with Gasteiger partial charge in [-0.25, -0.2) is 4.79 Å². The quantitative estimate of drug-likeness (QED) is 0.821. The van der Waals surface area contributed by atoms with Crippen molar-refractivity contribution in [2.45, 2.75) is 25.7 Å². The van der Waals surface area contributed by atoms with Crippen LogP contribution in [0.2, 0.25) is 0 Å². The summed E-state index contributed by atoms with van der Waals surface area (Å²) in [6.45, 7) is 0. The molecule has 0 atom stereocenters. The first-order valence-electron chi connectivity index (χ1n) is 5.81. The average Bonchev–Trinajstić information content (AvgIpc) is 3.11. The molecule has 82 valence electrons. The molecule has 0 unspecified atom stereocenters. The molecule has 0 heterocycles. The van der Waals surface area contributed by atoms with Crippen molar-refractivity contribution in [1.29, 1.82) is 0 Å². The number of hydrogen-bond acceptors (Lipinski definition) is 1. The van der Waals surface area contributed by atoms with Gasteiger partial charge >= 0.3 is 5.97 Å². The molecule has 0 spiro atoms. The molecule has 0 saturated heterocycles. The van der Waals surface area contributed by atoms with Gasteiger partial charge < -0.3 is 5.11 Å². The standard InChI is InChI=1S/C14H14O2/c15-14(16)12-6-4-10-3-5-11(9-1-2-9)7-13(10)8-12/h4,6-9H,1-3,5H2,(H,15,16). The number of carboxylic acid groups (broad SMARTS) is 1. The highest BCUT2D eigenvalue weighted by atomic mass is 16.4. The zero-order chi connectivity index (χ0) is 11.1. The van der Waals surface area contributed by atoms with Crippen LogP contribution in [-0.2, 0) is 6.42 Å². The highest BCUT2D eigenvalue weighted by Gasteiger charge is 2.27. The zero-order valence-electron chi connectivity index (χ0n) is 9.07. The van der Waals surface area contributed by atoms with E-state index in [1.165, 1.54) is 24.0 Å². The number of carboxylic acids is 1. The van der Waals surface area contributed by atoms with Crippen LogP contribution in [0.1, 0.15) is 40.7 Å². The molecule has 2 aliphatic rings. The summed E-state index contributed by atoms with van der Waals surface area (Å²) in [5.41, 5.74) is 4.32. The predicted octanol–water partition coefficient (Wildman–Crippen LogP) is 3.12. The number of fused-ring (bicyclic) bond motifs is 1. The number of rotatable bonds is 2. The van der Waals surface area contributed by atoms with Crippen LogP contribution in [0.5, 0.6) is 0 Å². The molecule has 1 saturated carbocycles. The molecule has 1 N–H and O–H groups in total. The third kappa shape index (κ3) is 1.64. The molecule has 2 heteroatoms. The fourth-order valence-electron chi connectivity index (χ4n) is 2.42. The molecular formula is C14H14O2. The van der Waals surface area contributed by atoms with Crippen molar-refractivity contribution >= 4 is 12.0 Å². The fraction of sp³-hybridized carbons (Fsp3) is 0.357. The number of carbonyl (C=O) groups is 1. The Hall–Kier alpha value is -1.57. The number of hydrogen-bond donors (Lipinski definition) is 1. The summed E-state index contributed by atoms with van der Waals surface area (Å²) in [5.74, 6) is -0.0450. The first kappa shape index (κ1) is 9.64. The maximum Gasteiger partial charge on any atom is 0.335 e. The predicted molar refractivity (Wildman–Crippen MR) is 62.4 cm³/mol. The van der Waals surface area contributed by atoms with Gasteiger partial charge in [0.25, 0.3) is 0 Å². The van der Waals surface area contributed by atoms with E-state index in [1.54, 1.807) is 12.1 Å². The van der Waals surface area contributed by atoms with Crippen LogP contribution in [0.25, 0.3) is 6.08 Å². The third-order valence-corrected chi connectivity index (χ3v) is 3.52. The van der Waals surface area contributed by atoms with Gasteiger partial charge in [0.1, 0.15) is 0 Å². The Balaban J connectivity index is 2.01. The lowest BCUT2D eigenvalue weighted by atomic mass is 9.89. The monoisotopic (exact) mass is 214 g/mol. The van der Waals surface area contributed by atoms with Gasteiger partial charge in [-0.15, -0.1) is 0 Å². The number of allylic oxidation sites excluding steroid dienone is 1. The van der Waals surface area contributed by atoms with E-state index in [9.17, 15) is 4.79 Å². The lowest BCUT2D eigenvalue weighted by Crippen LogP contribution is -2.03. The van der Waals surface area contributed by atoms with Crippen molar-refractivity contribution in [3.8, 4) is 0 Å². The van der Waals surface area contributed by atoms with Crippen LogP contribution in [0.4, 0.5) is 0 Å². The van der Waals surface area contributed by atoms with Gasteiger partial charge in [-0.05, 0) is 54.9 Å². The Morgan fingerprint density at radius 1 is 1.25 bits per heavy atom. The highest BCUT2D eigenvalue weighted by molar-refractivity contribution is 5.88. The molecule has 0 aromatic heterocycles. The van der Waals surface area contributed by atoms with E-state index in [0.29, 0.717) is 5.56 Å². The second-order valence-electron chi connectivity index (χ2n) is 4.71. The third-order valence-electron chi connectivity index (χ3n) is 3.52. The van der Waals surface area contributed by atoms with E-state index in [0.717, 1.165) is 24.3 Å². The Bertz CT molecular complexity index is 482. The Labute approximate surface area is 94.6 Å². The molecule has 2 nitrogen and oxygen atoms in total. The van der Waals surface area contributed by atoms with Crippen molar-refractivity contribution in [1.82, 2.24) is 0 Å². The molecule has 0 radical (unpaired) electrons. The van der Waals surface area contributed by atoms with Gasteiger partial charge in [-0.2, -0.15) is 0 Å². The van der Waals surface area contributed by atoms with Crippen molar-refractivity contribution in [3.63, 3.8) is 0 Å². The fourth-order valence-corrected chi connectivity index (χ4v) is 2.42. The van der Waals surface area contributed by atoms with Gasteiger partial charge in [-0.3, -0.25) is 0 Å². The summed E-state index contributed by atoms with van der Waals surface area (Å²) in [4.78, 5) is 10.9. The first-order chi connectivity index (χ1) is 7.74. The van der Waals surface area contributed by atoms with E-state index in [1.807, 2.05) is 6.07 Å². The van der Waals surface area contributed by atoms with Crippen molar-refractivity contribution in [2.24, 2.45) is 5.92 Å². The number of aromatic carboxylic acids is 1. The maximum absolute atomic E-state index is 10.9. The zero-order valence-corrected chi connectivity index (χ0v) is 9.07. The van der Waals surface area contributed by atoms with Crippen molar-refractivity contribution in [3.05, 3.63) is 40.5 Å². The smallest absolute Gasteiger partial charge is 0.335 e. The first-order valence-corrected chi connectivity index (χ1v) is 5.81. The second kappa shape index (κ2) is 3.48. The molecule has 2 aliphatic carbocycles. The summed E-state index contributed by atoms with van der Waals surface area (Å²) in [6, 6.07) is 5.47. The maximum atomic E-state index is 10.9. The highest BCUT2D eigenvalue weighted by Crippen LogP contribution is 2.41.